The number of hydrogen-bond acceptors (Lipinski definition) is 6. The summed E-state index contributed by atoms with van der Waals surface area (Å²) in [6.45, 7) is 6.19. The highest BCUT2D eigenvalue weighted by atomic mass is 16.3. The molecule has 158 valence electrons. The second-order valence-corrected chi connectivity index (χ2v) is 7.61. The zero-order chi connectivity index (χ0) is 21.8. The lowest BCUT2D eigenvalue weighted by atomic mass is 9.79. The molecule has 0 saturated heterocycles. The minimum atomic E-state index is -0.883. The SMILES string of the molecule is CC(O)Cc1c(CC(C)O)c(CC(C)O)c(C(N)=O)c(C(N)=O)c1CC(C)O. The molecule has 28 heavy (non-hydrogen) atoms. The molecule has 2 amide bonds. The molecule has 0 radical (unpaired) electrons. The van der Waals surface area contributed by atoms with Crippen molar-refractivity contribution in [2.45, 2.75) is 77.8 Å². The topological polar surface area (TPSA) is 167 Å². The quantitative estimate of drug-likeness (QED) is 0.314. The number of benzene rings is 1. The number of amides is 2. The molecule has 0 spiro atoms. The normalized spacial score (nSPS) is 15.7. The number of carbonyl (C=O) groups excluding carboxylic acids is 2. The zero-order valence-corrected chi connectivity index (χ0v) is 16.9. The first kappa shape index (κ1) is 24.0. The Morgan fingerprint density at radius 2 is 0.821 bits per heavy atom. The van der Waals surface area contributed by atoms with E-state index in [1.54, 1.807) is 13.8 Å². The number of carbonyl (C=O) groups is 2. The van der Waals surface area contributed by atoms with Gasteiger partial charge in [0.1, 0.15) is 0 Å². The molecule has 0 aliphatic rings. The minimum absolute atomic E-state index is 0.0162. The van der Waals surface area contributed by atoms with Gasteiger partial charge in [0.05, 0.1) is 35.5 Å². The third-order valence-electron chi connectivity index (χ3n) is 4.44. The predicted molar refractivity (Wildman–Crippen MR) is 105 cm³/mol. The summed E-state index contributed by atoms with van der Waals surface area (Å²) in [5.74, 6) is -1.77. The van der Waals surface area contributed by atoms with Crippen molar-refractivity contribution in [3.63, 3.8) is 0 Å². The molecule has 8 heteroatoms. The first-order valence-electron chi connectivity index (χ1n) is 9.38. The molecule has 1 aromatic rings. The van der Waals surface area contributed by atoms with Crippen molar-refractivity contribution in [2.75, 3.05) is 0 Å². The monoisotopic (exact) mass is 396 g/mol. The molecule has 0 aromatic heterocycles. The van der Waals surface area contributed by atoms with Gasteiger partial charge in [-0.1, -0.05) is 0 Å². The van der Waals surface area contributed by atoms with Gasteiger partial charge in [-0.3, -0.25) is 9.59 Å². The second-order valence-electron chi connectivity index (χ2n) is 7.61. The van der Waals surface area contributed by atoms with Crippen molar-refractivity contribution in [2.24, 2.45) is 11.5 Å². The standard InChI is InChI=1S/C20H32N2O6/c1-9(23)5-13-14(6-10(2)24)16(8-12(4)26)18(20(22)28)17(19(21)27)15(13)7-11(3)25/h9-12,23-26H,5-8H2,1-4H3,(H2,21,27)(H2,22,28). The molecule has 4 unspecified atom stereocenters. The van der Waals surface area contributed by atoms with Crippen molar-refractivity contribution in [1.29, 1.82) is 0 Å². The van der Waals surface area contributed by atoms with Crippen LogP contribution in [0, 0.1) is 0 Å². The fourth-order valence-corrected chi connectivity index (χ4v) is 3.64. The Bertz CT molecular complexity index is 665. The number of hydrogen-bond donors (Lipinski definition) is 6. The fraction of sp³-hybridized carbons (Fsp3) is 0.600. The zero-order valence-electron chi connectivity index (χ0n) is 16.9. The van der Waals surface area contributed by atoms with E-state index in [1.165, 1.54) is 13.8 Å². The van der Waals surface area contributed by atoms with E-state index in [2.05, 4.69) is 0 Å². The Morgan fingerprint density at radius 3 is 1.00 bits per heavy atom. The molecule has 1 rings (SSSR count). The molecule has 0 fully saturated rings. The van der Waals surface area contributed by atoms with Gasteiger partial charge in [-0.2, -0.15) is 0 Å². The van der Waals surface area contributed by atoms with Gasteiger partial charge in [0.25, 0.3) is 0 Å². The number of primary amides is 2. The Labute approximate surface area is 165 Å². The first-order valence-corrected chi connectivity index (χ1v) is 9.38. The Hall–Kier alpha value is -2.00. The molecular weight excluding hydrogens is 364 g/mol. The molecule has 8 N–H and O–H groups in total. The van der Waals surface area contributed by atoms with E-state index >= 15 is 0 Å². The maximum Gasteiger partial charge on any atom is 0.249 e. The number of aliphatic hydroxyl groups excluding tert-OH is 4. The number of rotatable bonds is 10. The van der Waals surface area contributed by atoms with Crippen molar-refractivity contribution in [3.8, 4) is 0 Å². The van der Waals surface area contributed by atoms with E-state index in [-0.39, 0.29) is 36.8 Å². The third kappa shape index (κ3) is 6.00. The van der Waals surface area contributed by atoms with Crippen molar-refractivity contribution in [1.82, 2.24) is 0 Å². The van der Waals surface area contributed by atoms with Gasteiger partial charge in [0, 0.05) is 0 Å². The summed E-state index contributed by atoms with van der Waals surface area (Å²) in [5, 5.41) is 40.0. The van der Waals surface area contributed by atoms with Gasteiger partial charge in [0.15, 0.2) is 0 Å². The number of nitrogens with two attached hydrogens (primary N) is 2. The van der Waals surface area contributed by atoms with E-state index in [0.29, 0.717) is 22.3 Å². The van der Waals surface area contributed by atoms with Crippen LogP contribution < -0.4 is 11.5 Å². The summed E-state index contributed by atoms with van der Waals surface area (Å²) in [6.07, 6.45) is -3.01. The summed E-state index contributed by atoms with van der Waals surface area (Å²) in [5.41, 5.74) is 12.7. The van der Waals surface area contributed by atoms with Gasteiger partial charge in [-0.05, 0) is 75.6 Å². The van der Waals surface area contributed by atoms with Gasteiger partial charge >= 0.3 is 0 Å². The highest BCUT2D eigenvalue weighted by Gasteiger charge is 2.30. The van der Waals surface area contributed by atoms with Crippen molar-refractivity contribution >= 4 is 11.8 Å². The van der Waals surface area contributed by atoms with Gasteiger partial charge in [0.2, 0.25) is 11.8 Å². The van der Waals surface area contributed by atoms with Crippen LogP contribution in [0.25, 0.3) is 0 Å². The highest BCUT2D eigenvalue weighted by molar-refractivity contribution is 6.08. The molecule has 0 saturated carbocycles. The summed E-state index contributed by atoms with van der Waals surface area (Å²) in [7, 11) is 0. The molecule has 0 bridgehead atoms. The van der Waals surface area contributed by atoms with Crippen LogP contribution >= 0.6 is 0 Å². The van der Waals surface area contributed by atoms with E-state index in [0.717, 1.165) is 0 Å². The van der Waals surface area contributed by atoms with E-state index in [1.807, 2.05) is 0 Å². The third-order valence-corrected chi connectivity index (χ3v) is 4.44. The van der Waals surface area contributed by atoms with Crippen LogP contribution in [-0.4, -0.2) is 56.7 Å². The van der Waals surface area contributed by atoms with Gasteiger partial charge in [-0.25, -0.2) is 0 Å². The maximum atomic E-state index is 12.3. The molecular formula is C20H32N2O6. The number of aliphatic hydroxyl groups is 4. The Balaban J connectivity index is 4.13. The second kappa shape index (κ2) is 9.97. The smallest absolute Gasteiger partial charge is 0.249 e. The lowest BCUT2D eigenvalue weighted by Crippen LogP contribution is -2.30. The molecule has 0 aliphatic carbocycles. The lowest BCUT2D eigenvalue weighted by Gasteiger charge is -2.27. The van der Waals surface area contributed by atoms with E-state index in [9.17, 15) is 30.0 Å². The van der Waals surface area contributed by atoms with E-state index in [4.69, 9.17) is 11.5 Å². The average Bonchev–Trinajstić information content (AvgIpc) is 2.49. The summed E-state index contributed by atoms with van der Waals surface area (Å²) in [6, 6.07) is 0. The van der Waals surface area contributed by atoms with Crippen LogP contribution in [0.2, 0.25) is 0 Å². The fourth-order valence-electron chi connectivity index (χ4n) is 3.64. The predicted octanol–water partition coefficient (Wildman–Crippen LogP) is -0.422. The summed E-state index contributed by atoms with van der Waals surface area (Å²) in [4.78, 5) is 24.6. The first-order chi connectivity index (χ1) is 12.9. The van der Waals surface area contributed by atoms with E-state index < -0.39 is 36.2 Å². The van der Waals surface area contributed by atoms with Crippen molar-refractivity contribution in [3.05, 3.63) is 33.4 Å². The van der Waals surface area contributed by atoms with Crippen molar-refractivity contribution < 1.29 is 30.0 Å². The highest BCUT2D eigenvalue weighted by Crippen LogP contribution is 2.33. The molecule has 8 nitrogen and oxygen atoms in total. The molecule has 4 atom stereocenters. The molecule has 0 aliphatic heterocycles. The lowest BCUT2D eigenvalue weighted by molar-refractivity contribution is 0.0963. The van der Waals surface area contributed by atoms with Crippen LogP contribution in [-0.2, 0) is 25.7 Å². The van der Waals surface area contributed by atoms with Crippen LogP contribution in [0.1, 0.15) is 70.7 Å². The molecule has 1 aromatic carbocycles. The Morgan fingerprint density at radius 1 is 0.607 bits per heavy atom. The minimum Gasteiger partial charge on any atom is -0.393 e. The van der Waals surface area contributed by atoms with Crippen LogP contribution in [0.5, 0.6) is 0 Å². The largest absolute Gasteiger partial charge is 0.393 e. The molecule has 0 heterocycles. The van der Waals surface area contributed by atoms with Gasteiger partial charge in [-0.15, -0.1) is 0 Å². The van der Waals surface area contributed by atoms with Gasteiger partial charge < -0.3 is 31.9 Å². The summed E-state index contributed by atoms with van der Waals surface area (Å²) < 4.78 is 0. The average molecular weight is 396 g/mol. The Kier molecular flexibility index (Phi) is 8.56. The van der Waals surface area contributed by atoms with Crippen LogP contribution in [0.4, 0.5) is 0 Å². The van der Waals surface area contributed by atoms with Crippen LogP contribution in [0.3, 0.4) is 0 Å². The van der Waals surface area contributed by atoms with Crippen LogP contribution in [0.15, 0.2) is 0 Å². The summed E-state index contributed by atoms with van der Waals surface area (Å²) >= 11 is 0. The maximum absolute atomic E-state index is 12.3.